The first kappa shape index (κ1) is 22.6. The lowest BCUT2D eigenvalue weighted by atomic mass is 9.96. The lowest BCUT2D eigenvalue weighted by molar-refractivity contribution is -0.114. The summed E-state index contributed by atoms with van der Waals surface area (Å²) in [5, 5.41) is 12.4. The van der Waals surface area contributed by atoms with Gasteiger partial charge in [-0.05, 0) is 46.8 Å². The van der Waals surface area contributed by atoms with Gasteiger partial charge in [0.1, 0.15) is 5.71 Å². The largest absolute Gasteiger partial charge is 0.322 e. The molecule has 0 radical (unpaired) electrons. The predicted octanol–water partition coefficient (Wildman–Crippen LogP) is 5.89. The predicted molar refractivity (Wildman–Crippen MR) is 159 cm³/mol. The fourth-order valence-corrected chi connectivity index (χ4v) is 7.44. The zero-order valence-corrected chi connectivity index (χ0v) is 21.5. The Labute approximate surface area is 225 Å². The molecular formula is C31H19N3O2S2. The number of ketones is 1. The van der Waals surface area contributed by atoms with Crippen LogP contribution >= 0.6 is 22.7 Å². The number of carbonyl (C=O) groups is 2. The fourth-order valence-electron chi connectivity index (χ4n) is 4.79. The summed E-state index contributed by atoms with van der Waals surface area (Å²) in [6, 6.07) is 31.1. The molecule has 0 bridgehead atoms. The SMILES string of the molecule is O=C(Nc1ccccc1)C1=c2ccccc2=CC(=NNc2ccc3c(c2)sc2sc4ccccc4c23)C1=O. The molecule has 1 amide bonds. The number of hydrogen-bond acceptors (Lipinski definition) is 6. The normalized spacial score (nSPS) is 14.2. The fraction of sp³-hybridized carbons (Fsp3) is 0. The number of anilines is 2. The standard InChI is InChI=1S/C31H19N3O2S2/c35-29-24(16-18-8-4-5-11-21(18)28(29)30(36)32-19-9-2-1-3-10-19)34-33-20-14-15-23-26(17-20)38-31-27(23)22-12-6-7-13-25(22)37-31/h1-17,33H,(H,32,36). The third-order valence-corrected chi connectivity index (χ3v) is 8.98. The molecule has 6 aromatic rings. The second-order valence-corrected chi connectivity index (χ2v) is 11.3. The minimum absolute atomic E-state index is 0.0772. The first-order chi connectivity index (χ1) is 18.7. The molecule has 0 saturated carbocycles. The van der Waals surface area contributed by atoms with E-state index >= 15 is 0 Å². The van der Waals surface area contributed by atoms with Gasteiger partial charge in [-0.25, -0.2) is 0 Å². The molecule has 0 spiro atoms. The van der Waals surface area contributed by atoms with Crippen LogP contribution in [0.2, 0.25) is 0 Å². The smallest absolute Gasteiger partial charge is 0.260 e. The number of Topliss-reactive ketones (excluding diaryl/α,β-unsaturated/α-hetero) is 1. The van der Waals surface area contributed by atoms with Crippen molar-refractivity contribution in [2.75, 3.05) is 10.7 Å². The van der Waals surface area contributed by atoms with Crippen LogP contribution < -0.4 is 21.2 Å². The summed E-state index contributed by atoms with van der Waals surface area (Å²) in [6.07, 6.45) is 1.72. The highest BCUT2D eigenvalue weighted by Gasteiger charge is 2.26. The van der Waals surface area contributed by atoms with Crippen LogP contribution in [-0.2, 0) is 9.59 Å². The molecule has 182 valence electrons. The van der Waals surface area contributed by atoms with Gasteiger partial charge in [0.25, 0.3) is 5.91 Å². The average Bonchev–Trinajstić information content (AvgIpc) is 3.48. The van der Waals surface area contributed by atoms with Crippen molar-refractivity contribution in [3.8, 4) is 0 Å². The van der Waals surface area contributed by atoms with Crippen molar-refractivity contribution in [1.29, 1.82) is 0 Å². The maximum absolute atomic E-state index is 13.5. The number of nitrogens with one attached hydrogen (secondary N) is 2. The quantitative estimate of drug-likeness (QED) is 0.280. The highest BCUT2D eigenvalue weighted by atomic mass is 32.2. The Morgan fingerprint density at radius 1 is 0.737 bits per heavy atom. The Morgan fingerprint density at radius 2 is 1.47 bits per heavy atom. The summed E-state index contributed by atoms with van der Waals surface area (Å²) in [6.45, 7) is 0. The van der Waals surface area contributed by atoms with Crippen LogP contribution in [0.5, 0.6) is 0 Å². The summed E-state index contributed by atoms with van der Waals surface area (Å²) in [5.74, 6) is -0.879. The summed E-state index contributed by atoms with van der Waals surface area (Å²) in [7, 11) is 0. The number of hydrogen-bond donors (Lipinski definition) is 2. The molecule has 0 saturated heterocycles. The molecule has 5 nitrogen and oxygen atoms in total. The monoisotopic (exact) mass is 529 g/mol. The number of nitrogens with zero attached hydrogens (tertiary/aromatic N) is 1. The molecule has 0 atom stereocenters. The molecule has 2 aromatic heterocycles. The Hall–Kier alpha value is -4.59. The lowest BCUT2D eigenvalue weighted by Crippen LogP contribution is -2.41. The number of para-hydroxylation sites is 1. The molecule has 2 N–H and O–H groups in total. The van der Waals surface area contributed by atoms with Crippen LogP contribution in [0.3, 0.4) is 0 Å². The highest BCUT2D eigenvalue weighted by molar-refractivity contribution is 7.44. The number of thiophene rings is 2. The minimum atomic E-state index is -0.457. The number of hydrazone groups is 1. The van der Waals surface area contributed by atoms with E-state index in [0.29, 0.717) is 10.9 Å². The van der Waals surface area contributed by atoms with Crippen LogP contribution in [0.25, 0.3) is 41.2 Å². The molecule has 1 aliphatic rings. The van der Waals surface area contributed by atoms with Crippen molar-refractivity contribution in [3.63, 3.8) is 0 Å². The number of rotatable bonds is 4. The van der Waals surface area contributed by atoms with Crippen LogP contribution in [0.15, 0.2) is 102 Å². The van der Waals surface area contributed by atoms with Gasteiger partial charge in [-0.2, -0.15) is 5.10 Å². The van der Waals surface area contributed by atoms with Crippen molar-refractivity contribution in [2.24, 2.45) is 5.10 Å². The third-order valence-electron chi connectivity index (χ3n) is 6.56. The maximum atomic E-state index is 13.5. The molecule has 1 aliphatic carbocycles. The number of fused-ring (bicyclic) bond motifs is 6. The van der Waals surface area contributed by atoms with E-state index in [4.69, 9.17) is 0 Å². The van der Waals surface area contributed by atoms with Crippen LogP contribution in [0, 0.1) is 0 Å². The summed E-state index contributed by atoms with van der Waals surface area (Å²) in [4.78, 5) is 26.7. The van der Waals surface area contributed by atoms with Gasteiger partial charge in [-0.1, -0.05) is 66.7 Å². The molecule has 0 unspecified atom stereocenters. The van der Waals surface area contributed by atoms with E-state index in [1.165, 1.54) is 24.9 Å². The van der Waals surface area contributed by atoms with Crippen molar-refractivity contribution < 1.29 is 9.59 Å². The second kappa shape index (κ2) is 9.06. The molecule has 0 aliphatic heterocycles. The Morgan fingerprint density at radius 3 is 2.37 bits per heavy atom. The van der Waals surface area contributed by atoms with E-state index in [2.05, 4.69) is 52.2 Å². The molecule has 2 heterocycles. The van der Waals surface area contributed by atoms with E-state index in [9.17, 15) is 9.59 Å². The summed E-state index contributed by atoms with van der Waals surface area (Å²) in [5.41, 5.74) is 4.71. The van der Waals surface area contributed by atoms with Gasteiger partial charge in [0.05, 0.1) is 15.3 Å². The topological polar surface area (TPSA) is 70.6 Å². The number of benzene rings is 4. The molecule has 38 heavy (non-hydrogen) atoms. The van der Waals surface area contributed by atoms with Crippen LogP contribution in [-0.4, -0.2) is 17.4 Å². The zero-order chi connectivity index (χ0) is 25.6. The zero-order valence-electron chi connectivity index (χ0n) is 19.9. The van der Waals surface area contributed by atoms with Crippen LogP contribution in [0.4, 0.5) is 11.4 Å². The van der Waals surface area contributed by atoms with Gasteiger partial charge in [-0.15, -0.1) is 22.7 Å². The molecule has 7 heteroatoms. The van der Waals surface area contributed by atoms with Crippen molar-refractivity contribution in [3.05, 3.63) is 107 Å². The van der Waals surface area contributed by atoms with Crippen LogP contribution in [0.1, 0.15) is 0 Å². The number of amides is 1. The van der Waals surface area contributed by atoms with E-state index in [-0.39, 0.29) is 11.3 Å². The van der Waals surface area contributed by atoms with Gasteiger partial charge in [0.15, 0.2) is 0 Å². The van der Waals surface area contributed by atoms with Gasteiger partial charge < -0.3 is 5.32 Å². The van der Waals surface area contributed by atoms with Crippen molar-refractivity contribution in [1.82, 2.24) is 0 Å². The van der Waals surface area contributed by atoms with Gasteiger partial charge in [0.2, 0.25) is 5.78 Å². The van der Waals surface area contributed by atoms with E-state index in [1.54, 1.807) is 46.9 Å². The second-order valence-electron chi connectivity index (χ2n) is 8.94. The maximum Gasteiger partial charge on any atom is 0.260 e. The molecule has 0 fully saturated rings. The van der Waals surface area contributed by atoms with E-state index in [0.717, 1.165) is 15.6 Å². The highest BCUT2D eigenvalue weighted by Crippen LogP contribution is 2.44. The van der Waals surface area contributed by atoms with Crippen molar-refractivity contribution >= 4 is 92.7 Å². The molecule has 4 aromatic carbocycles. The lowest BCUT2D eigenvalue weighted by Gasteiger charge is -2.13. The van der Waals surface area contributed by atoms with Gasteiger partial charge in [-0.3, -0.25) is 15.0 Å². The minimum Gasteiger partial charge on any atom is -0.322 e. The first-order valence-electron chi connectivity index (χ1n) is 12.1. The molecular weight excluding hydrogens is 510 g/mol. The third kappa shape index (κ3) is 3.80. The summed E-state index contributed by atoms with van der Waals surface area (Å²) >= 11 is 3.56. The van der Waals surface area contributed by atoms with E-state index < -0.39 is 11.7 Å². The molecule has 7 rings (SSSR count). The van der Waals surface area contributed by atoms with Gasteiger partial charge >= 0.3 is 0 Å². The first-order valence-corrected chi connectivity index (χ1v) is 13.7. The van der Waals surface area contributed by atoms with Gasteiger partial charge in [0, 0.05) is 31.2 Å². The van der Waals surface area contributed by atoms with Crippen molar-refractivity contribution in [2.45, 2.75) is 0 Å². The average molecular weight is 530 g/mol. The summed E-state index contributed by atoms with van der Waals surface area (Å²) < 4.78 is 3.74. The Balaban J connectivity index is 1.23. The number of carbonyl (C=O) groups excluding carboxylic acids is 2. The Bertz CT molecular complexity index is 2070. The Kier molecular flexibility index (Phi) is 5.39. The van der Waals surface area contributed by atoms with E-state index in [1.807, 2.05) is 42.5 Å².